The smallest absolute Gasteiger partial charge is 0.248 e. The average Bonchev–Trinajstić information content (AvgIpc) is 3.49. The van der Waals surface area contributed by atoms with Crippen LogP contribution in [0.25, 0.3) is 17.5 Å². The summed E-state index contributed by atoms with van der Waals surface area (Å²) >= 11 is 0. The Kier molecular flexibility index (Phi) is 5.79. The van der Waals surface area contributed by atoms with Crippen molar-refractivity contribution in [3.63, 3.8) is 0 Å². The van der Waals surface area contributed by atoms with Gasteiger partial charge in [-0.15, -0.1) is 5.10 Å². The van der Waals surface area contributed by atoms with Crippen LogP contribution >= 0.6 is 0 Å². The summed E-state index contributed by atoms with van der Waals surface area (Å²) in [5.41, 5.74) is 6.96. The van der Waals surface area contributed by atoms with Crippen molar-refractivity contribution in [2.45, 2.75) is 46.2 Å². The number of hydrogen-bond acceptors (Lipinski definition) is 5. The highest BCUT2D eigenvalue weighted by atomic mass is 16.1. The van der Waals surface area contributed by atoms with Gasteiger partial charge in [0, 0.05) is 28.6 Å². The van der Waals surface area contributed by atoms with Crippen molar-refractivity contribution in [1.29, 1.82) is 0 Å². The summed E-state index contributed by atoms with van der Waals surface area (Å²) in [6, 6.07) is 16.4. The van der Waals surface area contributed by atoms with Crippen LogP contribution in [0, 0.1) is 20.8 Å². The lowest BCUT2D eigenvalue weighted by molar-refractivity contribution is -0.111. The second kappa shape index (κ2) is 9.05. The number of amides is 1. The summed E-state index contributed by atoms with van der Waals surface area (Å²) < 4.78 is 3.85. The van der Waals surface area contributed by atoms with E-state index >= 15 is 0 Å². The molecule has 0 aliphatic heterocycles. The van der Waals surface area contributed by atoms with E-state index in [4.69, 9.17) is 0 Å². The van der Waals surface area contributed by atoms with Crippen molar-refractivity contribution >= 4 is 17.7 Å². The van der Waals surface area contributed by atoms with E-state index in [1.165, 1.54) is 11.1 Å². The maximum Gasteiger partial charge on any atom is 0.248 e. The van der Waals surface area contributed by atoms with Crippen LogP contribution in [0.15, 0.2) is 54.6 Å². The maximum absolute atomic E-state index is 12.5. The quantitative estimate of drug-likeness (QED) is 0.416. The minimum Gasteiger partial charge on any atom is -0.323 e. The van der Waals surface area contributed by atoms with Gasteiger partial charge in [0.25, 0.3) is 0 Å². The number of nitrogens with zero attached hydrogens (tertiary/aromatic N) is 6. The molecule has 1 aliphatic carbocycles. The first kappa shape index (κ1) is 21.8. The van der Waals surface area contributed by atoms with Crippen LogP contribution in [0.5, 0.6) is 0 Å². The Hall–Kier alpha value is -4.07. The highest BCUT2D eigenvalue weighted by molar-refractivity contribution is 6.02. The molecule has 0 spiro atoms. The van der Waals surface area contributed by atoms with Crippen molar-refractivity contribution < 1.29 is 4.79 Å². The van der Waals surface area contributed by atoms with Crippen LogP contribution in [0.2, 0.25) is 0 Å². The van der Waals surface area contributed by atoms with Crippen molar-refractivity contribution in [1.82, 2.24) is 30.0 Å². The fraction of sp³-hybridized carbons (Fsp3) is 0.269. The summed E-state index contributed by atoms with van der Waals surface area (Å²) in [6.45, 7) is 6.77. The maximum atomic E-state index is 12.5. The lowest BCUT2D eigenvalue weighted by Gasteiger charge is -2.06. The van der Waals surface area contributed by atoms with Crippen molar-refractivity contribution in [2.75, 3.05) is 5.32 Å². The zero-order valence-corrected chi connectivity index (χ0v) is 19.6. The van der Waals surface area contributed by atoms with E-state index in [0.29, 0.717) is 18.3 Å². The zero-order valence-electron chi connectivity index (χ0n) is 19.6. The van der Waals surface area contributed by atoms with Crippen LogP contribution in [-0.4, -0.2) is 35.9 Å². The number of anilines is 1. The molecule has 1 aliphatic rings. The molecule has 2 heterocycles. The summed E-state index contributed by atoms with van der Waals surface area (Å²) in [4.78, 5) is 12.5. The normalized spacial score (nSPS) is 13.5. The summed E-state index contributed by atoms with van der Waals surface area (Å²) in [5, 5.41) is 19.6. The van der Waals surface area contributed by atoms with Crippen LogP contribution in [0.1, 0.15) is 47.0 Å². The van der Waals surface area contributed by atoms with Crippen molar-refractivity contribution in [3.05, 3.63) is 82.7 Å². The van der Waals surface area contributed by atoms with Gasteiger partial charge in [0.05, 0.1) is 18.3 Å². The van der Waals surface area contributed by atoms with Gasteiger partial charge in [0.1, 0.15) is 0 Å². The molecule has 4 aromatic rings. The Morgan fingerprint density at radius 1 is 1.06 bits per heavy atom. The third kappa shape index (κ3) is 4.66. The SMILES string of the molecule is Cc1ccc(Cn2nc(C)c(/C=C/C(=O)Nc3ccc(-c4nnnn4C4CC4)cc3)c2C)cc1. The number of nitrogens with one attached hydrogen (secondary N) is 1. The van der Waals surface area contributed by atoms with E-state index in [1.807, 2.05) is 53.6 Å². The van der Waals surface area contributed by atoms with Gasteiger partial charge >= 0.3 is 0 Å². The lowest BCUT2D eigenvalue weighted by atomic mass is 10.1. The monoisotopic (exact) mass is 453 g/mol. The fourth-order valence-corrected chi connectivity index (χ4v) is 3.97. The molecule has 0 saturated heterocycles. The molecule has 172 valence electrons. The minimum atomic E-state index is -0.194. The topological polar surface area (TPSA) is 90.5 Å². The molecule has 8 nitrogen and oxygen atoms in total. The number of benzene rings is 2. The first-order valence-electron chi connectivity index (χ1n) is 11.4. The highest BCUT2D eigenvalue weighted by Gasteiger charge is 2.28. The molecule has 0 atom stereocenters. The molecule has 0 unspecified atom stereocenters. The minimum absolute atomic E-state index is 0.194. The van der Waals surface area contributed by atoms with Gasteiger partial charge in [-0.25, -0.2) is 4.68 Å². The molecule has 1 amide bonds. The summed E-state index contributed by atoms with van der Waals surface area (Å²) in [5.74, 6) is 0.564. The molecular weight excluding hydrogens is 426 g/mol. The zero-order chi connectivity index (χ0) is 23.7. The number of hydrogen-bond donors (Lipinski definition) is 1. The number of aryl methyl sites for hydroxylation is 2. The standard InChI is InChI=1S/C26H27N7O/c1-17-4-6-20(7-5-17)16-32-19(3)24(18(2)29-32)14-15-25(34)27-22-10-8-21(9-11-22)26-28-30-31-33(26)23-12-13-23/h4-11,14-15,23H,12-13,16H2,1-3H3,(H,27,34)/b15-14+. The predicted octanol–water partition coefficient (Wildman–Crippen LogP) is 4.50. The van der Waals surface area contributed by atoms with Crippen molar-refractivity contribution in [3.8, 4) is 11.4 Å². The molecule has 1 saturated carbocycles. The van der Waals surface area contributed by atoms with Gasteiger partial charge in [-0.2, -0.15) is 5.10 Å². The molecule has 1 fully saturated rings. The highest BCUT2D eigenvalue weighted by Crippen LogP contribution is 2.36. The number of carbonyl (C=O) groups excluding carboxylic acids is 1. The summed E-state index contributed by atoms with van der Waals surface area (Å²) in [7, 11) is 0. The van der Waals surface area contributed by atoms with E-state index in [-0.39, 0.29) is 5.91 Å². The van der Waals surface area contributed by atoms with Crippen LogP contribution in [-0.2, 0) is 11.3 Å². The third-order valence-corrected chi connectivity index (χ3v) is 6.09. The number of carbonyl (C=O) groups is 1. The molecule has 2 aromatic carbocycles. The third-order valence-electron chi connectivity index (χ3n) is 6.09. The Balaban J connectivity index is 1.24. The molecule has 0 bridgehead atoms. The van der Waals surface area contributed by atoms with E-state index in [1.54, 1.807) is 6.08 Å². The molecule has 2 aromatic heterocycles. The lowest BCUT2D eigenvalue weighted by Crippen LogP contribution is -2.08. The molecule has 34 heavy (non-hydrogen) atoms. The van der Waals surface area contributed by atoms with Crippen LogP contribution < -0.4 is 5.32 Å². The Bertz CT molecular complexity index is 1340. The molecule has 8 heteroatoms. The average molecular weight is 454 g/mol. The second-order valence-electron chi connectivity index (χ2n) is 8.81. The number of aromatic nitrogens is 6. The van der Waals surface area contributed by atoms with Gasteiger partial charge in [0.15, 0.2) is 5.82 Å². The van der Waals surface area contributed by atoms with Gasteiger partial charge < -0.3 is 5.32 Å². The van der Waals surface area contributed by atoms with Crippen LogP contribution in [0.4, 0.5) is 5.69 Å². The summed E-state index contributed by atoms with van der Waals surface area (Å²) in [6.07, 6.45) is 5.61. The number of tetrazole rings is 1. The predicted molar refractivity (Wildman–Crippen MR) is 131 cm³/mol. The molecule has 0 radical (unpaired) electrons. The molecule has 1 N–H and O–H groups in total. The van der Waals surface area contributed by atoms with E-state index in [2.05, 4.69) is 57.1 Å². The van der Waals surface area contributed by atoms with Gasteiger partial charge in [0.2, 0.25) is 5.91 Å². The Morgan fingerprint density at radius 2 is 1.79 bits per heavy atom. The van der Waals surface area contributed by atoms with E-state index < -0.39 is 0 Å². The Labute approximate surface area is 198 Å². The molecule has 5 rings (SSSR count). The second-order valence-corrected chi connectivity index (χ2v) is 8.81. The largest absolute Gasteiger partial charge is 0.323 e. The van der Waals surface area contributed by atoms with E-state index in [0.717, 1.165) is 41.2 Å². The van der Waals surface area contributed by atoms with E-state index in [9.17, 15) is 4.79 Å². The van der Waals surface area contributed by atoms with Gasteiger partial charge in [-0.1, -0.05) is 29.8 Å². The first-order chi connectivity index (χ1) is 16.5. The first-order valence-corrected chi connectivity index (χ1v) is 11.4. The number of rotatable bonds is 7. The van der Waals surface area contributed by atoms with Crippen molar-refractivity contribution in [2.24, 2.45) is 0 Å². The Morgan fingerprint density at radius 3 is 2.50 bits per heavy atom. The fourth-order valence-electron chi connectivity index (χ4n) is 3.97. The van der Waals surface area contributed by atoms with Gasteiger partial charge in [-0.05, 0) is 79.9 Å². The van der Waals surface area contributed by atoms with Crippen LogP contribution in [0.3, 0.4) is 0 Å². The molecular formula is C26H27N7O. The van der Waals surface area contributed by atoms with Gasteiger partial charge in [-0.3, -0.25) is 9.48 Å².